The van der Waals surface area contributed by atoms with Crippen LogP contribution in [0.3, 0.4) is 0 Å². The Bertz CT molecular complexity index is 200. The van der Waals surface area contributed by atoms with Crippen molar-refractivity contribution >= 4 is 29.9 Å². The zero-order valence-electron chi connectivity index (χ0n) is 10.4. The lowest BCUT2D eigenvalue weighted by Gasteiger charge is -2.13. The van der Waals surface area contributed by atoms with E-state index in [4.69, 9.17) is 5.73 Å². The Kier molecular flexibility index (Phi) is 9.02. The first kappa shape index (κ1) is 16.0. The van der Waals surface area contributed by atoms with Crippen molar-refractivity contribution in [2.24, 2.45) is 10.7 Å². The van der Waals surface area contributed by atoms with E-state index in [0.717, 1.165) is 13.0 Å². The van der Waals surface area contributed by atoms with Crippen LogP contribution in [0.1, 0.15) is 33.1 Å². The van der Waals surface area contributed by atoms with E-state index in [1.807, 2.05) is 0 Å². The van der Waals surface area contributed by atoms with Gasteiger partial charge in [-0.15, -0.1) is 24.0 Å². The smallest absolute Gasteiger partial charge is 0.188 e. The van der Waals surface area contributed by atoms with Crippen molar-refractivity contribution < 1.29 is 0 Å². The van der Waals surface area contributed by atoms with Crippen molar-refractivity contribution in [3.63, 3.8) is 0 Å². The summed E-state index contributed by atoms with van der Waals surface area (Å²) in [5, 5.41) is 3.09. The highest BCUT2D eigenvalue weighted by molar-refractivity contribution is 14.0. The largest absolute Gasteiger partial charge is 0.370 e. The number of guanidine groups is 1. The molecule has 0 aliphatic carbocycles. The van der Waals surface area contributed by atoms with Gasteiger partial charge < -0.3 is 16.0 Å². The molecule has 96 valence electrons. The van der Waals surface area contributed by atoms with E-state index in [-0.39, 0.29) is 24.0 Å². The second-order valence-electron chi connectivity index (χ2n) is 4.47. The summed E-state index contributed by atoms with van der Waals surface area (Å²) in [5.41, 5.74) is 5.69. The van der Waals surface area contributed by atoms with Crippen molar-refractivity contribution in [1.29, 1.82) is 0 Å². The van der Waals surface area contributed by atoms with Gasteiger partial charge in [0.15, 0.2) is 5.96 Å². The number of nitrogens with zero attached hydrogens (tertiary/aromatic N) is 2. The SMILES string of the molecule is CC(C)NC(N)=NCCCN1CCCC1.I. The van der Waals surface area contributed by atoms with E-state index in [2.05, 4.69) is 29.1 Å². The van der Waals surface area contributed by atoms with E-state index in [1.54, 1.807) is 0 Å². The standard InChI is InChI=1S/C11H24N4.HI/c1-10(2)14-11(12)13-6-5-9-15-7-3-4-8-15;/h10H,3-9H2,1-2H3,(H3,12,13,14);1H. The van der Waals surface area contributed by atoms with Crippen molar-refractivity contribution in [2.45, 2.75) is 39.2 Å². The van der Waals surface area contributed by atoms with E-state index < -0.39 is 0 Å². The molecule has 3 N–H and O–H groups in total. The highest BCUT2D eigenvalue weighted by Crippen LogP contribution is 2.07. The van der Waals surface area contributed by atoms with Gasteiger partial charge in [-0.2, -0.15) is 0 Å². The van der Waals surface area contributed by atoms with Crippen LogP contribution < -0.4 is 11.1 Å². The highest BCUT2D eigenvalue weighted by Gasteiger charge is 2.09. The molecule has 0 radical (unpaired) electrons. The van der Waals surface area contributed by atoms with E-state index in [0.29, 0.717) is 12.0 Å². The lowest BCUT2D eigenvalue weighted by molar-refractivity contribution is 0.336. The fraction of sp³-hybridized carbons (Fsp3) is 0.909. The molecular weight excluding hydrogens is 315 g/mol. The van der Waals surface area contributed by atoms with E-state index in [9.17, 15) is 0 Å². The Morgan fingerprint density at radius 3 is 2.56 bits per heavy atom. The summed E-state index contributed by atoms with van der Waals surface area (Å²) >= 11 is 0. The molecule has 0 saturated carbocycles. The van der Waals surface area contributed by atoms with Crippen molar-refractivity contribution in [2.75, 3.05) is 26.2 Å². The average Bonchev–Trinajstić information content (AvgIpc) is 2.63. The van der Waals surface area contributed by atoms with Crippen LogP contribution >= 0.6 is 24.0 Å². The summed E-state index contributed by atoms with van der Waals surface area (Å²) in [4.78, 5) is 6.78. The molecule has 0 aromatic carbocycles. The summed E-state index contributed by atoms with van der Waals surface area (Å²) in [6.07, 6.45) is 3.83. The lowest BCUT2D eigenvalue weighted by atomic mass is 10.4. The maximum absolute atomic E-state index is 5.69. The van der Waals surface area contributed by atoms with E-state index >= 15 is 0 Å². The van der Waals surface area contributed by atoms with Crippen LogP contribution in [0.2, 0.25) is 0 Å². The van der Waals surface area contributed by atoms with Crippen LogP contribution in [0.15, 0.2) is 4.99 Å². The van der Waals surface area contributed by atoms with Gasteiger partial charge in [-0.05, 0) is 52.7 Å². The number of hydrogen-bond donors (Lipinski definition) is 2. The molecule has 0 aromatic rings. The number of likely N-dealkylation sites (tertiary alicyclic amines) is 1. The Labute approximate surface area is 116 Å². The zero-order chi connectivity index (χ0) is 11.1. The average molecular weight is 340 g/mol. The fourth-order valence-corrected chi connectivity index (χ4v) is 1.84. The third-order valence-electron chi connectivity index (χ3n) is 2.55. The summed E-state index contributed by atoms with van der Waals surface area (Å²) < 4.78 is 0. The van der Waals surface area contributed by atoms with Gasteiger partial charge in [-0.1, -0.05) is 0 Å². The van der Waals surface area contributed by atoms with Gasteiger partial charge in [0.05, 0.1) is 0 Å². The first-order valence-electron chi connectivity index (χ1n) is 5.97. The summed E-state index contributed by atoms with van der Waals surface area (Å²) in [6.45, 7) is 8.66. The molecule has 1 saturated heterocycles. The zero-order valence-corrected chi connectivity index (χ0v) is 12.7. The lowest BCUT2D eigenvalue weighted by Crippen LogP contribution is -2.36. The quantitative estimate of drug-likeness (QED) is 0.344. The molecule has 1 aliphatic rings. The minimum Gasteiger partial charge on any atom is -0.370 e. The third-order valence-corrected chi connectivity index (χ3v) is 2.55. The first-order chi connectivity index (χ1) is 7.18. The minimum atomic E-state index is 0. The maximum atomic E-state index is 5.69. The van der Waals surface area contributed by atoms with Gasteiger partial charge in [-0.3, -0.25) is 4.99 Å². The summed E-state index contributed by atoms with van der Waals surface area (Å²) in [6, 6.07) is 0.368. The molecule has 0 atom stereocenters. The van der Waals surface area contributed by atoms with Crippen molar-refractivity contribution in [3.05, 3.63) is 0 Å². The second-order valence-corrected chi connectivity index (χ2v) is 4.47. The number of aliphatic imine (C=N–C) groups is 1. The van der Waals surface area contributed by atoms with Crippen LogP contribution in [-0.4, -0.2) is 43.1 Å². The number of rotatable bonds is 5. The molecule has 0 bridgehead atoms. The fourth-order valence-electron chi connectivity index (χ4n) is 1.84. The molecule has 1 heterocycles. The Morgan fingerprint density at radius 1 is 1.38 bits per heavy atom. The number of nitrogens with one attached hydrogen (secondary N) is 1. The molecule has 0 aromatic heterocycles. The predicted molar refractivity (Wildman–Crippen MR) is 80.5 cm³/mol. The normalized spacial score (nSPS) is 17.6. The third kappa shape index (κ3) is 7.27. The van der Waals surface area contributed by atoms with Crippen molar-refractivity contribution in [3.8, 4) is 0 Å². The number of hydrogen-bond acceptors (Lipinski definition) is 2. The monoisotopic (exact) mass is 340 g/mol. The number of nitrogens with two attached hydrogens (primary N) is 1. The summed E-state index contributed by atoms with van der Waals surface area (Å²) in [5.74, 6) is 0.575. The van der Waals surface area contributed by atoms with Crippen molar-refractivity contribution in [1.82, 2.24) is 10.2 Å². The molecular formula is C11H25IN4. The highest BCUT2D eigenvalue weighted by atomic mass is 127. The molecule has 0 amide bonds. The van der Waals surface area contributed by atoms with Gasteiger partial charge in [-0.25, -0.2) is 0 Å². The first-order valence-corrected chi connectivity index (χ1v) is 5.97. The van der Waals surface area contributed by atoms with Gasteiger partial charge in [0.1, 0.15) is 0 Å². The van der Waals surface area contributed by atoms with Crippen LogP contribution in [0.5, 0.6) is 0 Å². The summed E-state index contributed by atoms with van der Waals surface area (Å²) in [7, 11) is 0. The molecule has 1 aliphatic heterocycles. The maximum Gasteiger partial charge on any atom is 0.188 e. The number of halogens is 1. The van der Waals surface area contributed by atoms with Gasteiger partial charge in [0.25, 0.3) is 0 Å². The molecule has 1 rings (SSSR count). The van der Waals surface area contributed by atoms with Gasteiger partial charge in [0, 0.05) is 12.6 Å². The Hall–Kier alpha value is -0.0400. The predicted octanol–water partition coefficient (Wildman–Crippen LogP) is 1.40. The van der Waals surface area contributed by atoms with Crippen LogP contribution in [0, 0.1) is 0 Å². The van der Waals surface area contributed by atoms with Gasteiger partial charge in [0.2, 0.25) is 0 Å². The van der Waals surface area contributed by atoms with Crippen LogP contribution in [0.4, 0.5) is 0 Å². The molecule has 0 spiro atoms. The Morgan fingerprint density at radius 2 is 2.00 bits per heavy atom. The molecule has 1 fully saturated rings. The van der Waals surface area contributed by atoms with Crippen LogP contribution in [0.25, 0.3) is 0 Å². The second kappa shape index (κ2) is 9.04. The minimum absolute atomic E-state index is 0. The molecule has 4 nitrogen and oxygen atoms in total. The topological polar surface area (TPSA) is 53.6 Å². The van der Waals surface area contributed by atoms with E-state index in [1.165, 1.54) is 32.5 Å². The van der Waals surface area contributed by atoms with Gasteiger partial charge >= 0.3 is 0 Å². The molecule has 0 unspecified atom stereocenters. The Balaban J connectivity index is 0.00000225. The molecule has 5 heteroatoms. The van der Waals surface area contributed by atoms with Crippen LogP contribution in [-0.2, 0) is 0 Å². The molecule has 16 heavy (non-hydrogen) atoms.